The van der Waals surface area contributed by atoms with Gasteiger partial charge in [0.1, 0.15) is 0 Å². The second-order valence-corrected chi connectivity index (χ2v) is 6.90. The molecule has 154 valence electrons. The molecule has 0 radical (unpaired) electrons. The highest BCUT2D eigenvalue weighted by molar-refractivity contribution is 9.10. The lowest BCUT2D eigenvalue weighted by molar-refractivity contribution is -0.116. The average Bonchev–Trinajstić information content (AvgIpc) is 3.27. The molecule has 0 aliphatic carbocycles. The smallest absolute Gasteiger partial charge is 0.227 e. The number of rotatable bonds is 6. The van der Waals surface area contributed by atoms with Gasteiger partial charge in [-0.05, 0) is 22.9 Å². The molecule has 3 rings (SSSR count). The zero-order chi connectivity index (χ0) is 21.3. The molecule has 12 heteroatoms. The number of nitrogens with one attached hydrogen (secondary N) is 1. The lowest BCUT2D eigenvalue weighted by Gasteiger charge is -2.08. The summed E-state index contributed by atoms with van der Waals surface area (Å²) in [5, 5.41) is 10.4. The van der Waals surface area contributed by atoms with Gasteiger partial charge in [-0.3, -0.25) is 14.2 Å². The maximum absolute atomic E-state index is 13.8. The Kier molecular flexibility index (Phi) is 6.01. The van der Waals surface area contributed by atoms with Gasteiger partial charge in [-0.2, -0.15) is 10.2 Å². The summed E-state index contributed by atoms with van der Waals surface area (Å²) < 4.78 is 70.6. The molecule has 0 bridgehead atoms. The van der Waals surface area contributed by atoms with Gasteiger partial charge < -0.3 is 5.32 Å². The van der Waals surface area contributed by atoms with E-state index in [1.165, 1.54) is 12.3 Å². The standard InChI is InChI=1S/C17H13BrF5N5O/c1-8-10(18)6-24-28(8)5-3-12(29)25-11-2-4-27(26-11)7-9-13(19)15(21)17(23)16(22)14(9)20/h2,4,6H,3,5,7H2,1H3,(H,25,26,29). The number of aryl methyl sites for hydroxylation is 1. The van der Waals surface area contributed by atoms with Crippen molar-refractivity contribution in [3.63, 3.8) is 0 Å². The van der Waals surface area contributed by atoms with Crippen LogP contribution in [0.25, 0.3) is 0 Å². The van der Waals surface area contributed by atoms with Crippen LogP contribution in [0.15, 0.2) is 22.9 Å². The fourth-order valence-electron chi connectivity index (χ4n) is 2.53. The molecule has 0 atom stereocenters. The fourth-order valence-corrected chi connectivity index (χ4v) is 2.83. The molecule has 1 aromatic carbocycles. The number of benzene rings is 1. The largest absolute Gasteiger partial charge is 0.309 e. The van der Waals surface area contributed by atoms with Gasteiger partial charge in [-0.25, -0.2) is 22.0 Å². The van der Waals surface area contributed by atoms with Crippen LogP contribution in [0.4, 0.5) is 27.8 Å². The van der Waals surface area contributed by atoms with E-state index in [-0.39, 0.29) is 12.2 Å². The maximum atomic E-state index is 13.8. The third-order valence-electron chi connectivity index (χ3n) is 4.12. The zero-order valence-corrected chi connectivity index (χ0v) is 16.4. The number of aromatic nitrogens is 4. The fraction of sp³-hybridized carbons (Fsp3) is 0.235. The van der Waals surface area contributed by atoms with Crippen LogP contribution < -0.4 is 5.32 Å². The van der Waals surface area contributed by atoms with E-state index in [1.54, 1.807) is 10.9 Å². The van der Waals surface area contributed by atoms with Crippen molar-refractivity contribution in [1.29, 1.82) is 0 Å². The number of nitrogens with zero attached hydrogens (tertiary/aromatic N) is 4. The number of hydrogen-bond donors (Lipinski definition) is 1. The molecule has 3 aromatic rings. The normalized spacial score (nSPS) is 11.1. The van der Waals surface area contributed by atoms with Gasteiger partial charge in [0, 0.05) is 24.4 Å². The molecule has 0 fully saturated rings. The van der Waals surface area contributed by atoms with Gasteiger partial charge in [0.05, 0.1) is 29.3 Å². The first kappa shape index (κ1) is 21.0. The van der Waals surface area contributed by atoms with Gasteiger partial charge in [0.15, 0.2) is 29.1 Å². The van der Waals surface area contributed by atoms with Crippen molar-refractivity contribution in [3.8, 4) is 0 Å². The monoisotopic (exact) mass is 477 g/mol. The van der Waals surface area contributed by atoms with Crippen molar-refractivity contribution in [2.45, 2.75) is 26.4 Å². The Morgan fingerprint density at radius 2 is 1.72 bits per heavy atom. The molecule has 6 nitrogen and oxygen atoms in total. The predicted octanol–water partition coefficient (Wildman–Crippen LogP) is 3.92. The molecule has 0 aliphatic rings. The molecule has 1 amide bonds. The van der Waals surface area contributed by atoms with E-state index in [2.05, 4.69) is 31.4 Å². The topological polar surface area (TPSA) is 64.7 Å². The Labute approximate surface area is 169 Å². The van der Waals surface area contributed by atoms with Crippen LogP contribution in [-0.2, 0) is 17.9 Å². The summed E-state index contributed by atoms with van der Waals surface area (Å²) in [6, 6.07) is 1.33. The number of amides is 1. The van der Waals surface area contributed by atoms with Crippen LogP contribution in [0.5, 0.6) is 0 Å². The van der Waals surface area contributed by atoms with Crippen molar-refractivity contribution in [2.75, 3.05) is 5.32 Å². The first-order chi connectivity index (χ1) is 13.7. The van der Waals surface area contributed by atoms with Crippen molar-refractivity contribution < 1.29 is 26.7 Å². The van der Waals surface area contributed by atoms with Gasteiger partial charge in [0.25, 0.3) is 0 Å². The summed E-state index contributed by atoms with van der Waals surface area (Å²) in [6.45, 7) is 1.44. The Morgan fingerprint density at radius 1 is 1.10 bits per heavy atom. The van der Waals surface area contributed by atoms with E-state index in [1.807, 2.05) is 6.92 Å². The molecule has 0 unspecified atom stereocenters. The third kappa shape index (κ3) is 4.31. The highest BCUT2D eigenvalue weighted by Gasteiger charge is 2.26. The van der Waals surface area contributed by atoms with Crippen LogP contribution in [0.3, 0.4) is 0 Å². The number of halogens is 6. The molecular weight excluding hydrogens is 465 g/mol. The Hall–Kier alpha value is -2.76. The minimum Gasteiger partial charge on any atom is -0.309 e. The van der Waals surface area contributed by atoms with Crippen molar-refractivity contribution in [3.05, 3.63) is 63.3 Å². The maximum Gasteiger partial charge on any atom is 0.227 e. The predicted molar refractivity (Wildman–Crippen MR) is 95.5 cm³/mol. The Balaban J connectivity index is 1.66. The van der Waals surface area contributed by atoms with Crippen LogP contribution in [0.1, 0.15) is 17.7 Å². The first-order valence-corrected chi connectivity index (χ1v) is 8.99. The molecular formula is C17H13BrF5N5O. The van der Waals surface area contributed by atoms with Gasteiger partial charge in [-0.15, -0.1) is 0 Å². The lowest BCUT2D eigenvalue weighted by atomic mass is 10.1. The van der Waals surface area contributed by atoms with E-state index < -0.39 is 47.1 Å². The summed E-state index contributed by atoms with van der Waals surface area (Å²) in [6.07, 6.45) is 2.93. The van der Waals surface area contributed by atoms with Gasteiger partial charge >= 0.3 is 0 Å². The Morgan fingerprint density at radius 3 is 2.31 bits per heavy atom. The van der Waals surface area contributed by atoms with Crippen molar-refractivity contribution in [2.24, 2.45) is 0 Å². The minimum absolute atomic E-state index is 0.0669. The SMILES string of the molecule is Cc1c(Br)cnn1CCC(=O)Nc1ccn(Cc2c(F)c(F)c(F)c(F)c2F)n1. The number of hydrogen-bond acceptors (Lipinski definition) is 3. The second-order valence-electron chi connectivity index (χ2n) is 6.05. The van der Waals surface area contributed by atoms with E-state index in [9.17, 15) is 26.7 Å². The highest BCUT2D eigenvalue weighted by Crippen LogP contribution is 2.24. The van der Waals surface area contributed by atoms with Crippen LogP contribution in [-0.4, -0.2) is 25.5 Å². The second kappa shape index (κ2) is 8.31. The summed E-state index contributed by atoms with van der Waals surface area (Å²) in [5.74, 6) is -10.5. The van der Waals surface area contributed by atoms with E-state index in [0.29, 0.717) is 6.54 Å². The molecule has 0 spiro atoms. The van der Waals surface area contributed by atoms with Crippen molar-refractivity contribution in [1.82, 2.24) is 19.6 Å². The minimum atomic E-state index is -2.23. The average molecular weight is 478 g/mol. The lowest BCUT2D eigenvalue weighted by Crippen LogP contribution is -2.16. The summed E-state index contributed by atoms with van der Waals surface area (Å²) in [7, 11) is 0. The molecule has 2 aromatic heterocycles. The van der Waals surface area contributed by atoms with Gasteiger partial charge in [0.2, 0.25) is 11.7 Å². The molecule has 1 N–H and O–H groups in total. The molecule has 29 heavy (non-hydrogen) atoms. The van der Waals surface area contributed by atoms with Crippen LogP contribution in [0.2, 0.25) is 0 Å². The summed E-state index contributed by atoms with van der Waals surface area (Å²) in [5.41, 5.74) is -0.174. The van der Waals surface area contributed by atoms with Crippen LogP contribution >= 0.6 is 15.9 Å². The third-order valence-corrected chi connectivity index (χ3v) is 4.90. The summed E-state index contributed by atoms with van der Waals surface area (Å²) in [4.78, 5) is 12.0. The van der Waals surface area contributed by atoms with E-state index >= 15 is 0 Å². The number of carbonyl (C=O) groups is 1. The Bertz CT molecular complexity index is 1050. The highest BCUT2D eigenvalue weighted by atomic mass is 79.9. The molecule has 0 saturated heterocycles. The quantitative estimate of drug-likeness (QED) is 0.332. The zero-order valence-electron chi connectivity index (χ0n) is 14.8. The molecule has 2 heterocycles. The van der Waals surface area contributed by atoms with E-state index in [4.69, 9.17) is 0 Å². The van der Waals surface area contributed by atoms with E-state index in [0.717, 1.165) is 14.8 Å². The van der Waals surface area contributed by atoms with Crippen molar-refractivity contribution >= 4 is 27.7 Å². The number of carbonyl (C=O) groups excluding carboxylic acids is 1. The number of anilines is 1. The molecule has 0 saturated carbocycles. The first-order valence-electron chi connectivity index (χ1n) is 8.20. The van der Waals surface area contributed by atoms with Gasteiger partial charge in [-0.1, -0.05) is 0 Å². The summed E-state index contributed by atoms with van der Waals surface area (Å²) >= 11 is 3.31. The van der Waals surface area contributed by atoms with Crippen LogP contribution in [0, 0.1) is 36.0 Å². The molecule has 0 aliphatic heterocycles.